The van der Waals surface area contributed by atoms with Crippen LogP contribution in [0.1, 0.15) is 16.7 Å². The maximum atomic E-state index is 9.95. The number of methoxy groups -OCH3 is 2. The third-order valence-electron chi connectivity index (χ3n) is 3.85. The molecule has 0 aliphatic rings. The van der Waals surface area contributed by atoms with Gasteiger partial charge in [0, 0.05) is 31.3 Å². The van der Waals surface area contributed by atoms with E-state index in [1.54, 1.807) is 39.5 Å². The fourth-order valence-electron chi connectivity index (χ4n) is 2.41. The highest BCUT2D eigenvalue weighted by Crippen LogP contribution is 2.22. The van der Waals surface area contributed by atoms with Gasteiger partial charge in [-0.25, -0.2) is 0 Å². The molecule has 2 rings (SSSR count). The van der Waals surface area contributed by atoms with Crippen molar-refractivity contribution in [3.8, 4) is 17.2 Å². The van der Waals surface area contributed by atoms with Gasteiger partial charge in [0.25, 0.3) is 0 Å². The molecule has 0 amide bonds. The molecule has 0 aliphatic carbocycles. The molecule has 0 aliphatic heterocycles. The summed E-state index contributed by atoms with van der Waals surface area (Å²) in [5, 5.41) is 16.4. The Kier molecular flexibility index (Phi) is 6.51. The van der Waals surface area contributed by atoms with Gasteiger partial charge in [-0.05, 0) is 36.8 Å². The fourth-order valence-corrected chi connectivity index (χ4v) is 2.41. The lowest BCUT2D eigenvalue weighted by atomic mass is 10.1. The fraction of sp³-hybridized carbons (Fsp3) is 0.316. The minimum Gasteiger partial charge on any atom is -0.508 e. The Balaban J connectivity index is 1.98. The van der Waals surface area contributed by atoms with E-state index in [9.17, 15) is 5.11 Å². The molecule has 2 aromatic rings. The molecular formula is C19H25N3O3. The van der Waals surface area contributed by atoms with E-state index >= 15 is 0 Å². The average Bonchev–Trinajstić information content (AvgIpc) is 2.63. The summed E-state index contributed by atoms with van der Waals surface area (Å²) >= 11 is 0. The summed E-state index contributed by atoms with van der Waals surface area (Å²) in [5.74, 6) is 2.38. The number of aliphatic imine (C=N–C) groups is 1. The van der Waals surface area contributed by atoms with Crippen molar-refractivity contribution in [2.24, 2.45) is 4.99 Å². The monoisotopic (exact) mass is 343 g/mol. The first-order valence-corrected chi connectivity index (χ1v) is 8.01. The highest BCUT2D eigenvalue weighted by Gasteiger charge is 2.07. The van der Waals surface area contributed by atoms with Crippen molar-refractivity contribution in [2.45, 2.75) is 20.0 Å². The molecule has 0 fully saturated rings. The molecule has 0 radical (unpaired) electrons. The number of hydrogen-bond donors (Lipinski definition) is 3. The van der Waals surface area contributed by atoms with Gasteiger partial charge in [0.1, 0.15) is 17.2 Å². The van der Waals surface area contributed by atoms with Crippen LogP contribution in [0.4, 0.5) is 0 Å². The van der Waals surface area contributed by atoms with E-state index in [0.29, 0.717) is 24.8 Å². The molecular weight excluding hydrogens is 318 g/mol. The smallest absolute Gasteiger partial charge is 0.191 e. The summed E-state index contributed by atoms with van der Waals surface area (Å²) < 4.78 is 10.6. The van der Waals surface area contributed by atoms with Gasteiger partial charge in [-0.3, -0.25) is 4.99 Å². The molecule has 25 heavy (non-hydrogen) atoms. The molecule has 2 aromatic carbocycles. The van der Waals surface area contributed by atoms with E-state index in [2.05, 4.69) is 15.6 Å². The third-order valence-corrected chi connectivity index (χ3v) is 3.85. The molecule has 6 nitrogen and oxygen atoms in total. The van der Waals surface area contributed by atoms with E-state index in [4.69, 9.17) is 9.47 Å². The standard InChI is InChI=1S/C19H25N3O3/c1-13-5-6-14(18(9-13)25-4)11-21-19(20-2)22-12-15-10-16(24-3)7-8-17(15)23/h5-10,23H,11-12H2,1-4H3,(H2,20,21,22). The Bertz CT molecular complexity index is 745. The van der Waals surface area contributed by atoms with Gasteiger partial charge in [-0.1, -0.05) is 12.1 Å². The highest BCUT2D eigenvalue weighted by atomic mass is 16.5. The Morgan fingerprint density at radius 1 is 1.00 bits per heavy atom. The van der Waals surface area contributed by atoms with Crippen LogP contribution in [0.3, 0.4) is 0 Å². The molecule has 3 N–H and O–H groups in total. The Labute approximate surface area is 148 Å². The molecule has 0 spiro atoms. The highest BCUT2D eigenvalue weighted by molar-refractivity contribution is 5.79. The number of aryl methyl sites for hydroxylation is 1. The predicted molar refractivity (Wildman–Crippen MR) is 99.4 cm³/mol. The predicted octanol–water partition coefficient (Wildman–Crippen LogP) is 2.58. The minimum atomic E-state index is 0.212. The topological polar surface area (TPSA) is 75.1 Å². The summed E-state index contributed by atoms with van der Waals surface area (Å²) in [5.41, 5.74) is 2.92. The van der Waals surface area contributed by atoms with E-state index in [1.165, 1.54) is 0 Å². The number of rotatable bonds is 6. The maximum Gasteiger partial charge on any atom is 0.191 e. The Morgan fingerprint density at radius 2 is 1.72 bits per heavy atom. The van der Waals surface area contributed by atoms with Crippen molar-refractivity contribution >= 4 is 5.96 Å². The second kappa shape index (κ2) is 8.82. The number of ether oxygens (including phenoxy) is 2. The number of nitrogens with one attached hydrogen (secondary N) is 2. The molecule has 0 saturated carbocycles. The number of hydrogen-bond acceptors (Lipinski definition) is 4. The number of aromatic hydroxyl groups is 1. The average molecular weight is 343 g/mol. The lowest BCUT2D eigenvalue weighted by Crippen LogP contribution is -2.36. The van der Waals surface area contributed by atoms with Crippen LogP contribution < -0.4 is 20.1 Å². The van der Waals surface area contributed by atoms with Crippen molar-refractivity contribution in [1.29, 1.82) is 0 Å². The Hall–Kier alpha value is -2.89. The number of phenols is 1. The lowest BCUT2D eigenvalue weighted by Gasteiger charge is -2.15. The molecule has 6 heteroatoms. The van der Waals surface area contributed by atoms with Gasteiger partial charge < -0.3 is 25.2 Å². The van der Waals surface area contributed by atoms with Crippen molar-refractivity contribution < 1.29 is 14.6 Å². The van der Waals surface area contributed by atoms with Crippen LogP contribution in [0, 0.1) is 6.92 Å². The van der Waals surface area contributed by atoms with Gasteiger partial charge in [0.15, 0.2) is 5.96 Å². The number of phenolic OH excluding ortho intramolecular Hbond substituents is 1. The first kappa shape index (κ1) is 18.4. The van der Waals surface area contributed by atoms with E-state index in [0.717, 1.165) is 22.4 Å². The van der Waals surface area contributed by atoms with Gasteiger partial charge >= 0.3 is 0 Å². The molecule has 0 atom stereocenters. The SMILES string of the molecule is CN=C(NCc1cc(OC)ccc1O)NCc1ccc(C)cc1OC. The summed E-state index contributed by atoms with van der Waals surface area (Å²) in [6.45, 7) is 3.03. The van der Waals surface area contributed by atoms with E-state index < -0.39 is 0 Å². The van der Waals surface area contributed by atoms with Gasteiger partial charge in [0.05, 0.1) is 14.2 Å². The number of nitrogens with zero attached hydrogens (tertiary/aromatic N) is 1. The summed E-state index contributed by atoms with van der Waals surface area (Å²) in [4.78, 5) is 4.20. The van der Waals surface area contributed by atoms with Crippen LogP contribution in [0.15, 0.2) is 41.4 Å². The van der Waals surface area contributed by atoms with Crippen LogP contribution in [0.2, 0.25) is 0 Å². The zero-order chi connectivity index (χ0) is 18.2. The van der Waals surface area contributed by atoms with E-state index in [1.807, 2.05) is 25.1 Å². The van der Waals surface area contributed by atoms with Gasteiger partial charge in [-0.2, -0.15) is 0 Å². The van der Waals surface area contributed by atoms with Gasteiger partial charge in [0.2, 0.25) is 0 Å². The maximum absolute atomic E-state index is 9.95. The molecule has 0 saturated heterocycles. The first-order chi connectivity index (χ1) is 12.1. The van der Waals surface area contributed by atoms with E-state index in [-0.39, 0.29) is 5.75 Å². The minimum absolute atomic E-state index is 0.212. The quantitative estimate of drug-likeness (QED) is 0.555. The molecule has 0 heterocycles. The van der Waals surface area contributed by atoms with Crippen LogP contribution in [-0.2, 0) is 13.1 Å². The van der Waals surface area contributed by atoms with Crippen molar-refractivity contribution in [3.63, 3.8) is 0 Å². The van der Waals surface area contributed by atoms with Crippen molar-refractivity contribution in [3.05, 3.63) is 53.1 Å². The van der Waals surface area contributed by atoms with Crippen LogP contribution in [-0.4, -0.2) is 32.3 Å². The second-order valence-electron chi connectivity index (χ2n) is 5.59. The first-order valence-electron chi connectivity index (χ1n) is 8.01. The zero-order valence-electron chi connectivity index (χ0n) is 15.1. The van der Waals surface area contributed by atoms with Crippen molar-refractivity contribution in [1.82, 2.24) is 10.6 Å². The molecule has 0 bridgehead atoms. The largest absolute Gasteiger partial charge is 0.508 e. The molecule has 0 unspecified atom stereocenters. The Morgan fingerprint density at radius 3 is 2.36 bits per heavy atom. The summed E-state index contributed by atoms with van der Waals surface area (Å²) in [6, 6.07) is 11.2. The third kappa shape index (κ3) is 5.04. The zero-order valence-corrected chi connectivity index (χ0v) is 15.1. The van der Waals surface area contributed by atoms with Crippen LogP contribution in [0.5, 0.6) is 17.2 Å². The molecule has 134 valence electrons. The van der Waals surface area contributed by atoms with Crippen LogP contribution in [0.25, 0.3) is 0 Å². The number of guanidine groups is 1. The summed E-state index contributed by atoms with van der Waals surface area (Å²) in [6.07, 6.45) is 0. The summed E-state index contributed by atoms with van der Waals surface area (Å²) in [7, 11) is 4.96. The van der Waals surface area contributed by atoms with Crippen molar-refractivity contribution in [2.75, 3.05) is 21.3 Å². The number of benzene rings is 2. The lowest BCUT2D eigenvalue weighted by molar-refractivity contribution is 0.408. The second-order valence-corrected chi connectivity index (χ2v) is 5.59. The normalized spacial score (nSPS) is 11.1. The van der Waals surface area contributed by atoms with Gasteiger partial charge in [-0.15, -0.1) is 0 Å². The van der Waals surface area contributed by atoms with Crippen LogP contribution >= 0.6 is 0 Å². The molecule has 0 aromatic heterocycles.